The van der Waals surface area contributed by atoms with Gasteiger partial charge in [0.15, 0.2) is 0 Å². The molecule has 0 bridgehead atoms. The highest BCUT2D eigenvalue weighted by atomic mass is 35.5. The molecule has 1 N–H and O–H groups in total. The monoisotopic (exact) mass is 266 g/mol. The van der Waals surface area contributed by atoms with E-state index in [-0.39, 0.29) is 5.41 Å². The molecule has 0 heterocycles. The molecule has 1 aromatic rings. The standard InChI is InChI=1S/C14H19ClN2O/c1-10-7-13(18-4)12(15)8-11(10)14(2,3)9-17-6-5-16/h7-8,17H,6,9H2,1-4H3. The van der Waals surface area contributed by atoms with Crippen LogP contribution in [0.2, 0.25) is 5.02 Å². The van der Waals surface area contributed by atoms with E-state index in [9.17, 15) is 0 Å². The largest absolute Gasteiger partial charge is 0.495 e. The average Bonchev–Trinajstić information content (AvgIpc) is 2.31. The fourth-order valence-electron chi connectivity index (χ4n) is 2.07. The number of nitriles is 1. The van der Waals surface area contributed by atoms with E-state index in [1.807, 2.05) is 19.1 Å². The van der Waals surface area contributed by atoms with Crippen LogP contribution < -0.4 is 10.1 Å². The number of hydrogen-bond acceptors (Lipinski definition) is 3. The Bertz CT molecular complexity index is 464. The molecule has 0 saturated heterocycles. The number of hydrogen-bond donors (Lipinski definition) is 1. The summed E-state index contributed by atoms with van der Waals surface area (Å²) in [5, 5.41) is 12.3. The van der Waals surface area contributed by atoms with Crippen molar-refractivity contribution in [3.63, 3.8) is 0 Å². The lowest BCUT2D eigenvalue weighted by Crippen LogP contribution is -2.33. The highest BCUT2D eigenvalue weighted by Gasteiger charge is 2.23. The Balaban J connectivity index is 3.01. The fraction of sp³-hybridized carbons (Fsp3) is 0.500. The topological polar surface area (TPSA) is 45.0 Å². The summed E-state index contributed by atoms with van der Waals surface area (Å²) in [6.45, 7) is 7.38. The number of nitrogens with zero attached hydrogens (tertiary/aromatic N) is 1. The number of rotatable bonds is 5. The lowest BCUT2D eigenvalue weighted by molar-refractivity contribution is 0.413. The number of benzene rings is 1. The zero-order valence-corrected chi connectivity index (χ0v) is 12.1. The Labute approximate surface area is 114 Å². The Kier molecular flexibility index (Phi) is 5.01. The van der Waals surface area contributed by atoms with Gasteiger partial charge in [0, 0.05) is 12.0 Å². The molecule has 1 aromatic carbocycles. The Morgan fingerprint density at radius 1 is 1.44 bits per heavy atom. The zero-order valence-electron chi connectivity index (χ0n) is 11.3. The van der Waals surface area contributed by atoms with E-state index in [1.54, 1.807) is 7.11 Å². The molecule has 0 radical (unpaired) electrons. The fourth-order valence-corrected chi connectivity index (χ4v) is 2.31. The van der Waals surface area contributed by atoms with Gasteiger partial charge in [0.1, 0.15) is 5.75 Å². The van der Waals surface area contributed by atoms with Gasteiger partial charge in [0.05, 0.1) is 24.7 Å². The van der Waals surface area contributed by atoms with Crippen LogP contribution >= 0.6 is 11.6 Å². The van der Waals surface area contributed by atoms with Gasteiger partial charge in [0.25, 0.3) is 0 Å². The zero-order chi connectivity index (χ0) is 13.8. The highest BCUT2D eigenvalue weighted by molar-refractivity contribution is 6.32. The van der Waals surface area contributed by atoms with E-state index < -0.39 is 0 Å². The van der Waals surface area contributed by atoms with Crippen molar-refractivity contribution in [3.8, 4) is 11.8 Å². The molecular formula is C14H19ClN2O. The molecule has 98 valence electrons. The molecule has 0 aliphatic heterocycles. The summed E-state index contributed by atoms with van der Waals surface area (Å²) in [5.41, 5.74) is 2.22. The quantitative estimate of drug-likeness (QED) is 0.658. The first kappa shape index (κ1) is 14.8. The number of ether oxygens (including phenoxy) is 1. The van der Waals surface area contributed by atoms with Gasteiger partial charge >= 0.3 is 0 Å². The molecule has 0 aliphatic carbocycles. The van der Waals surface area contributed by atoms with E-state index in [0.29, 0.717) is 17.3 Å². The van der Waals surface area contributed by atoms with Gasteiger partial charge in [-0.15, -0.1) is 0 Å². The van der Waals surface area contributed by atoms with E-state index in [2.05, 4.69) is 25.2 Å². The maximum atomic E-state index is 8.55. The van der Waals surface area contributed by atoms with Crippen molar-refractivity contribution in [2.24, 2.45) is 0 Å². The minimum atomic E-state index is -0.0865. The van der Waals surface area contributed by atoms with Crippen LogP contribution in [0.3, 0.4) is 0 Å². The molecule has 0 aliphatic rings. The maximum absolute atomic E-state index is 8.55. The van der Waals surface area contributed by atoms with Crippen molar-refractivity contribution in [2.75, 3.05) is 20.2 Å². The third kappa shape index (κ3) is 3.38. The second kappa shape index (κ2) is 6.08. The van der Waals surface area contributed by atoms with Gasteiger partial charge in [0.2, 0.25) is 0 Å². The van der Waals surface area contributed by atoms with Gasteiger partial charge in [-0.25, -0.2) is 0 Å². The van der Waals surface area contributed by atoms with Crippen LogP contribution in [0.5, 0.6) is 5.75 Å². The van der Waals surface area contributed by atoms with Gasteiger partial charge in [-0.2, -0.15) is 5.26 Å². The summed E-state index contributed by atoms with van der Waals surface area (Å²) >= 11 is 6.17. The summed E-state index contributed by atoms with van der Waals surface area (Å²) in [5.74, 6) is 0.693. The third-order valence-corrected chi connectivity index (χ3v) is 3.29. The van der Waals surface area contributed by atoms with Crippen molar-refractivity contribution in [3.05, 3.63) is 28.3 Å². The normalized spacial score (nSPS) is 11.1. The van der Waals surface area contributed by atoms with E-state index in [4.69, 9.17) is 21.6 Å². The van der Waals surface area contributed by atoms with Crippen LogP contribution in [0.15, 0.2) is 12.1 Å². The Morgan fingerprint density at radius 3 is 2.67 bits per heavy atom. The maximum Gasteiger partial charge on any atom is 0.137 e. The van der Waals surface area contributed by atoms with E-state index in [0.717, 1.165) is 12.1 Å². The molecular weight excluding hydrogens is 248 g/mol. The lowest BCUT2D eigenvalue weighted by Gasteiger charge is -2.28. The van der Waals surface area contributed by atoms with Crippen molar-refractivity contribution in [2.45, 2.75) is 26.2 Å². The number of aryl methyl sites for hydroxylation is 1. The van der Waals surface area contributed by atoms with Crippen LogP contribution in [-0.4, -0.2) is 20.2 Å². The molecule has 0 spiro atoms. The molecule has 0 fully saturated rings. The van der Waals surface area contributed by atoms with Crippen molar-refractivity contribution in [1.29, 1.82) is 5.26 Å². The van der Waals surface area contributed by atoms with Crippen LogP contribution in [0, 0.1) is 18.3 Å². The summed E-state index contributed by atoms with van der Waals surface area (Å²) < 4.78 is 5.20. The van der Waals surface area contributed by atoms with Gasteiger partial charge in [-0.1, -0.05) is 25.4 Å². The number of nitrogens with one attached hydrogen (secondary N) is 1. The van der Waals surface area contributed by atoms with Crippen molar-refractivity contribution < 1.29 is 4.74 Å². The van der Waals surface area contributed by atoms with Crippen molar-refractivity contribution in [1.82, 2.24) is 5.32 Å². The lowest BCUT2D eigenvalue weighted by atomic mass is 9.82. The third-order valence-electron chi connectivity index (χ3n) is 3.00. The second-order valence-electron chi connectivity index (χ2n) is 4.95. The summed E-state index contributed by atoms with van der Waals surface area (Å²) in [6, 6.07) is 5.98. The minimum absolute atomic E-state index is 0.0865. The smallest absolute Gasteiger partial charge is 0.137 e. The molecule has 0 unspecified atom stereocenters. The molecule has 18 heavy (non-hydrogen) atoms. The van der Waals surface area contributed by atoms with Crippen molar-refractivity contribution >= 4 is 11.6 Å². The summed E-state index contributed by atoms with van der Waals surface area (Å²) in [6.07, 6.45) is 0. The van der Waals surface area contributed by atoms with Crippen LogP contribution in [0.25, 0.3) is 0 Å². The molecule has 1 rings (SSSR count). The predicted molar refractivity (Wildman–Crippen MR) is 74.2 cm³/mol. The number of halogens is 1. The van der Waals surface area contributed by atoms with Crippen LogP contribution in [0.1, 0.15) is 25.0 Å². The first-order valence-corrected chi connectivity index (χ1v) is 6.22. The van der Waals surface area contributed by atoms with Crippen LogP contribution in [-0.2, 0) is 5.41 Å². The van der Waals surface area contributed by atoms with Gasteiger partial charge in [-0.05, 0) is 30.2 Å². The molecule has 0 saturated carbocycles. The molecule has 4 heteroatoms. The molecule has 0 aromatic heterocycles. The average molecular weight is 267 g/mol. The SMILES string of the molecule is COc1cc(C)c(C(C)(C)CNCC#N)cc1Cl. The predicted octanol–water partition coefficient (Wildman–Crippen LogP) is 3.05. The minimum Gasteiger partial charge on any atom is -0.495 e. The van der Waals surface area contributed by atoms with Gasteiger partial charge in [-0.3, -0.25) is 0 Å². The highest BCUT2D eigenvalue weighted by Crippen LogP contribution is 2.34. The van der Waals surface area contributed by atoms with E-state index >= 15 is 0 Å². The summed E-state index contributed by atoms with van der Waals surface area (Å²) in [7, 11) is 1.61. The Morgan fingerprint density at radius 2 is 2.11 bits per heavy atom. The number of methoxy groups -OCH3 is 1. The second-order valence-corrected chi connectivity index (χ2v) is 5.35. The van der Waals surface area contributed by atoms with E-state index in [1.165, 1.54) is 5.56 Å². The molecule has 3 nitrogen and oxygen atoms in total. The Hall–Kier alpha value is -1.24. The molecule has 0 amide bonds. The van der Waals surface area contributed by atoms with Crippen LogP contribution in [0.4, 0.5) is 0 Å². The first-order chi connectivity index (χ1) is 8.42. The summed E-state index contributed by atoms with van der Waals surface area (Å²) in [4.78, 5) is 0. The molecule has 0 atom stereocenters. The van der Waals surface area contributed by atoms with Gasteiger partial charge < -0.3 is 10.1 Å². The first-order valence-electron chi connectivity index (χ1n) is 5.84.